The zero-order valence-corrected chi connectivity index (χ0v) is 21.7. The van der Waals surface area contributed by atoms with Crippen LogP contribution in [-0.2, 0) is 5.60 Å². The minimum atomic E-state index is -3.38. The quantitative estimate of drug-likeness (QED) is 0.374. The molecule has 0 radical (unpaired) electrons. The van der Waals surface area contributed by atoms with E-state index in [4.69, 9.17) is 0 Å². The average Bonchev–Trinajstić information content (AvgIpc) is 3.70. The van der Waals surface area contributed by atoms with Crippen molar-refractivity contribution in [3.8, 4) is 0 Å². The Kier molecular flexibility index (Phi) is 8.20. The lowest BCUT2D eigenvalue weighted by molar-refractivity contribution is -0.175. The molecule has 6 heteroatoms. The SMILES string of the molecule is C=CCC(F)(F)[C@@](C)(O)c1ccc(C(=O)N(C2CC2)C2CCC(CO)(C3=CC=CCCC=C3)CC2)cc1. The molecule has 0 spiro atoms. The van der Waals surface area contributed by atoms with E-state index >= 15 is 0 Å². The summed E-state index contributed by atoms with van der Waals surface area (Å²) >= 11 is 0. The van der Waals surface area contributed by atoms with Crippen LogP contribution in [0.1, 0.15) is 80.6 Å². The topological polar surface area (TPSA) is 60.8 Å². The summed E-state index contributed by atoms with van der Waals surface area (Å²) < 4.78 is 28.9. The second kappa shape index (κ2) is 11.0. The van der Waals surface area contributed by atoms with Gasteiger partial charge in [-0.25, -0.2) is 8.78 Å². The molecule has 3 aliphatic rings. The van der Waals surface area contributed by atoms with Crippen molar-refractivity contribution in [2.75, 3.05) is 6.61 Å². The smallest absolute Gasteiger partial charge is 0.283 e. The predicted octanol–water partition coefficient (Wildman–Crippen LogP) is 6.46. The molecule has 2 saturated carbocycles. The van der Waals surface area contributed by atoms with Gasteiger partial charge in [-0.2, -0.15) is 0 Å². The molecule has 4 rings (SSSR count). The lowest BCUT2D eigenvalue weighted by atomic mass is 9.67. The molecule has 200 valence electrons. The molecule has 0 aromatic heterocycles. The summed E-state index contributed by atoms with van der Waals surface area (Å²) in [6, 6.07) is 6.21. The van der Waals surface area contributed by atoms with Crippen molar-refractivity contribution < 1.29 is 23.8 Å². The third-order valence-electron chi connectivity index (χ3n) is 8.41. The number of hydrogen-bond acceptors (Lipinski definition) is 3. The summed E-state index contributed by atoms with van der Waals surface area (Å²) in [6.07, 6.45) is 18.3. The summed E-state index contributed by atoms with van der Waals surface area (Å²) in [5, 5.41) is 21.0. The number of alkyl halides is 2. The van der Waals surface area contributed by atoms with Gasteiger partial charge in [0.25, 0.3) is 11.8 Å². The third kappa shape index (κ3) is 5.65. The van der Waals surface area contributed by atoms with Crippen molar-refractivity contribution >= 4 is 5.91 Å². The van der Waals surface area contributed by atoms with Gasteiger partial charge in [-0.1, -0.05) is 48.6 Å². The van der Waals surface area contributed by atoms with Crippen LogP contribution in [0.2, 0.25) is 0 Å². The zero-order chi connectivity index (χ0) is 26.7. The van der Waals surface area contributed by atoms with Gasteiger partial charge in [0.1, 0.15) is 0 Å². The number of carbonyl (C=O) groups is 1. The van der Waals surface area contributed by atoms with Crippen molar-refractivity contribution in [3.63, 3.8) is 0 Å². The fourth-order valence-corrected chi connectivity index (χ4v) is 5.71. The van der Waals surface area contributed by atoms with Gasteiger partial charge in [-0.3, -0.25) is 4.79 Å². The number of amides is 1. The van der Waals surface area contributed by atoms with Crippen LogP contribution in [-0.4, -0.2) is 45.6 Å². The number of benzene rings is 1. The summed E-state index contributed by atoms with van der Waals surface area (Å²) in [4.78, 5) is 15.6. The van der Waals surface area contributed by atoms with E-state index in [2.05, 4.69) is 37.0 Å². The highest BCUT2D eigenvalue weighted by atomic mass is 19.3. The molecule has 0 unspecified atom stereocenters. The van der Waals surface area contributed by atoms with Crippen LogP contribution >= 0.6 is 0 Å². The van der Waals surface area contributed by atoms with E-state index in [9.17, 15) is 23.8 Å². The van der Waals surface area contributed by atoms with Crippen LogP contribution in [0.25, 0.3) is 0 Å². The Morgan fingerprint density at radius 2 is 1.73 bits per heavy atom. The minimum absolute atomic E-state index is 0.0637. The number of halogens is 2. The first-order valence-corrected chi connectivity index (χ1v) is 13.4. The van der Waals surface area contributed by atoms with Crippen molar-refractivity contribution in [1.29, 1.82) is 0 Å². The molecule has 0 saturated heterocycles. The highest BCUT2D eigenvalue weighted by Crippen LogP contribution is 2.46. The van der Waals surface area contributed by atoms with E-state index < -0.39 is 17.9 Å². The first-order chi connectivity index (χ1) is 17.6. The Labute approximate surface area is 219 Å². The van der Waals surface area contributed by atoms with Gasteiger partial charge in [-0.05, 0) is 81.6 Å². The number of aliphatic hydroxyl groups excluding tert-OH is 1. The zero-order valence-electron chi connectivity index (χ0n) is 21.7. The molecule has 4 nitrogen and oxygen atoms in total. The van der Waals surface area contributed by atoms with Crippen LogP contribution in [0.4, 0.5) is 8.78 Å². The van der Waals surface area contributed by atoms with Crippen molar-refractivity contribution in [2.45, 2.75) is 88.3 Å². The third-order valence-corrected chi connectivity index (χ3v) is 8.41. The molecule has 1 aromatic carbocycles. The molecular formula is C31H39F2NO3. The van der Waals surface area contributed by atoms with Gasteiger partial charge in [0, 0.05) is 29.5 Å². The maximum Gasteiger partial charge on any atom is 0.283 e. The summed E-state index contributed by atoms with van der Waals surface area (Å²) in [5.74, 6) is -3.47. The predicted molar refractivity (Wildman–Crippen MR) is 142 cm³/mol. The van der Waals surface area contributed by atoms with E-state index in [1.807, 2.05) is 4.90 Å². The van der Waals surface area contributed by atoms with Crippen LogP contribution in [0, 0.1) is 5.41 Å². The van der Waals surface area contributed by atoms with Gasteiger partial charge >= 0.3 is 0 Å². The fraction of sp³-hybridized carbons (Fsp3) is 0.516. The Morgan fingerprint density at radius 1 is 1.11 bits per heavy atom. The van der Waals surface area contributed by atoms with E-state index in [0.717, 1.165) is 69.9 Å². The molecule has 0 heterocycles. The van der Waals surface area contributed by atoms with Gasteiger partial charge < -0.3 is 15.1 Å². The Morgan fingerprint density at radius 3 is 2.32 bits per heavy atom. The van der Waals surface area contributed by atoms with Crippen molar-refractivity contribution in [2.24, 2.45) is 5.41 Å². The highest BCUT2D eigenvalue weighted by molar-refractivity contribution is 5.95. The van der Waals surface area contributed by atoms with E-state index in [1.165, 1.54) is 12.1 Å². The largest absolute Gasteiger partial charge is 0.395 e. The summed E-state index contributed by atoms with van der Waals surface area (Å²) in [7, 11) is 0. The van der Waals surface area contributed by atoms with E-state index in [1.54, 1.807) is 12.1 Å². The Balaban J connectivity index is 1.49. The minimum Gasteiger partial charge on any atom is -0.395 e. The summed E-state index contributed by atoms with van der Waals surface area (Å²) in [5.41, 5.74) is -1.01. The lowest BCUT2D eigenvalue weighted by Crippen LogP contribution is -2.46. The Hall–Kier alpha value is -2.57. The number of rotatable bonds is 9. The van der Waals surface area contributed by atoms with Crippen molar-refractivity contribution in [1.82, 2.24) is 4.90 Å². The molecule has 2 fully saturated rings. The molecule has 3 aliphatic carbocycles. The van der Waals surface area contributed by atoms with Gasteiger partial charge in [0.15, 0.2) is 5.60 Å². The first kappa shape index (κ1) is 27.5. The average molecular weight is 512 g/mol. The van der Waals surface area contributed by atoms with E-state index in [-0.39, 0.29) is 35.6 Å². The molecule has 0 bridgehead atoms. The number of aliphatic hydroxyl groups is 2. The number of nitrogens with zero attached hydrogens (tertiary/aromatic N) is 1. The van der Waals surface area contributed by atoms with Crippen molar-refractivity contribution in [3.05, 3.63) is 84.0 Å². The standard InChI is InChI=1S/C31H39F2NO3/c1-3-19-31(32,33)29(2,37)24-13-11-23(12-14-24)28(36)34(26-15-16-26)27-17-20-30(22-35,21-18-27)25-9-7-5-4-6-8-10-25/h3,5,7-14,26-27,35,37H,1,4,6,15-22H2,2H3/t27?,29-,30?/m0/s1. The summed E-state index contributed by atoms with van der Waals surface area (Å²) in [6.45, 7) is 4.54. The van der Waals surface area contributed by atoms with Crippen LogP contribution < -0.4 is 0 Å². The monoisotopic (exact) mass is 511 g/mol. The lowest BCUT2D eigenvalue weighted by Gasteiger charge is -2.44. The van der Waals surface area contributed by atoms with Crippen LogP contribution in [0.3, 0.4) is 0 Å². The molecule has 0 aliphatic heterocycles. The number of carbonyl (C=O) groups excluding carboxylic acids is 1. The van der Waals surface area contributed by atoms with Crippen LogP contribution in [0.15, 0.2) is 72.9 Å². The van der Waals surface area contributed by atoms with Gasteiger partial charge in [0.2, 0.25) is 0 Å². The fourth-order valence-electron chi connectivity index (χ4n) is 5.71. The number of hydrogen-bond donors (Lipinski definition) is 2. The van der Waals surface area contributed by atoms with Gasteiger partial charge in [-0.15, -0.1) is 6.58 Å². The molecule has 1 aromatic rings. The van der Waals surface area contributed by atoms with Gasteiger partial charge in [0.05, 0.1) is 6.61 Å². The molecule has 2 N–H and O–H groups in total. The molecule has 1 amide bonds. The highest BCUT2D eigenvalue weighted by Gasteiger charge is 2.49. The second-order valence-electron chi connectivity index (χ2n) is 11.0. The maximum absolute atomic E-state index is 14.5. The van der Waals surface area contributed by atoms with E-state index in [0.29, 0.717) is 5.56 Å². The van der Waals surface area contributed by atoms with Crippen LogP contribution in [0.5, 0.6) is 0 Å². The maximum atomic E-state index is 14.5. The number of allylic oxidation sites excluding steroid dienone is 6. The normalized spacial score (nSPS) is 26.0. The molecule has 1 atom stereocenters. The molecular weight excluding hydrogens is 472 g/mol. The first-order valence-electron chi connectivity index (χ1n) is 13.4. The Bertz CT molecular complexity index is 1060. The molecule has 37 heavy (non-hydrogen) atoms. The second-order valence-corrected chi connectivity index (χ2v) is 11.0.